The molecule has 22 heavy (non-hydrogen) atoms. The molecule has 2 aromatic rings. The van der Waals surface area contributed by atoms with Crippen LogP contribution in [0.25, 0.3) is 0 Å². The molecule has 0 saturated carbocycles. The molecule has 0 aliphatic carbocycles. The van der Waals surface area contributed by atoms with Gasteiger partial charge in [-0.05, 0) is 31.5 Å². The normalized spacial score (nSPS) is 16.9. The molecule has 5 nitrogen and oxygen atoms in total. The topological polar surface area (TPSA) is 62.3 Å². The summed E-state index contributed by atoms with van der Waals surface area (Å²) in [5.41, 5.74) is 3.54. The van der Waals surface area contributed by atoms with Crippen molar-refractivity contribution in [2.45, 2.75) is 19.9 Å². The summed E-state index contributed by atoms with van der Waals surface area (Å²) in [7, 11) is -3.39. The smallest absolute Gasteiger partial charge is 0.235 e. The molecule has 3 rings (SSSR count). The number of hydrogen-bond donors (Lipinski definition) is 1. The number of anilines is 2. The lowest BCUT2D eigenvalue weighted by atomic mass is 10.2. The number of rotatable bonds is 4. The van der Waals surface area contributed by atoms with Crippen LogP contribution in [-0.4, -0.2) is 25.7 Å². The molecule has 1 aliphatic rings. The lowest BCUT2D eigenvalue weighted by Crippen LogP contribution is -2.26. The van der Waals surface area contributed by atoms with E-state index in [1.54, 1.807) is 29.0 Å². The molecule has 1 N–H and O–H groups in total. The number of hydrogen-bond acceptors (Lipinski definition) is 5. The molecule has 1 aromatic carbocycles. The largest absolute Gasteiger partial charge is 0.380 e. The van der Waals surface area contributed by atoms with Gasteiger partial charge in [0.1, 0.15) is 5.82 Å². The molecule has 0 radical (unpaired) electrons. The van der Waals surface area contributed by atoms with Crippen molar-refractivity contribution in [3.63, 3.8) is 0 Å². The van der Waals surface area contributed by atoms with Crippen LogP contribution >= 0.6 is 11.3 Å². The lowest BCUT2D eigenvalue weighted by molar-refractivity contribution is 0.595. The number of nitrogens with zero attached hydrogens (tertiary/aromatic N) is 2. The number of sulfonamides is 1. The van der Waals surface area contributed by atoms with E-state index >= 15 is 0 Å². The quantitative estimate of drug-likeness (QED) is 0.929. The van der Waals surface area contributed by atoms with Gasteiger partial charge in [0.25, 0.3) is 0 Å². The third kappa shape index (κ3) is 2.93. The van der Waals surface area contributed by atoms with Gasteiger partial charge >= 0.3 is 0 Å². The van der Waals surface area contributed by atoms with Crippen LogP contribution < -0.4 is 9.62 Å². The van der Waals surface area contributed by atoms with Gasteiger partial charge in [0.05, 0.1) is 29.2 Å². The van der Waals surface area contributed by atoms with Crippen molar-refractivity contribution in [1.29, 1.82) is 0 Å². The van der Waals surface area contributed by atoms with Gasteiger partial charge in [-0.3, -0.25) is 4.31 Å². The van der Waals surface area contributed by atoms with Crippen LogP contribution in [-0.2, 0) is 16.6 Å². The fraction of sp³-hybridized carbons (Fsp3) is 0.357. The minimum atomic E-state index is -3.39. The molecule has 118 valence electrons. The second kappa shape index (κ2) is 5.85. The molecule has 0 spiro atoms. The summed E-state index contributed by atoms with van der Waals surface area (Å²) in [5.74, 6) is -0.450. The van der Waals surface area contributed by atoms with E-state index in [2.05, 4.69) is 10.3 Å². The zero-order chi connectivity index (χ0) is 15.7. The second-order valence-electron chi connectivity index (χ2n) is 5.12. The summed E-state index contributed by atoms with van der Waals surface area (Å²) >= 11 is 1.55. The van der Waals surface area contributed by atoms with Gasteiger partial charge in [-0.2, -0.15) is 0 Å². The molecule has 1 fully saturated rings. The van der Waals surface area contributed by atoms with E-state index in [0.717, 1.165) is 14.9 Å². The van der Waals surface area contributed by atoms with E-state index < -0.39 is 15.8 Å². The highest BCUT2D eigenvalue weighted by molar-refractivity contribution is 7.93. The molecule has 0 amide bonds. The van der Waals surface area contributed by atoms with Gasteiger partial charge in [0.15, 0.2) is 0 Å². The summed E-state index contributed by atoms with van der Waals surface area (Å²) in [6, 6.07) is 4.46. The molecule has 2 heterocycles. The van der Waals surface area contributed by atoms with E-state index in [9.17, 15) is 12.8 Å². The first kappa shape index (κ1) is 15.2. The van der Waals surface area contributed by atoms with E-state index in [-0.39, 0.29) is 11.4 Å². The fourth-order valence-corrected chi connectivity index (χ4v) is 4.68. The highest BCUT2D eigenvalue weighted by Gasteiger charge is 2.30. The zero-order valence-electron chi connectivity index (χ0n) is 12.0. The second-order valence-corrected chi connectivity index (χ2v) is 8.07. The van der Waals surface area contributed by atoms with Gasteiger partial charge < -0.3 is 5.32 Å². The van der Waals surface area contributed by atoms with Crippen LogP contribution in [0.2, 0.25) is 0 Å². The van der Waals surface area contributed by atoms with Crippen molar-refractivity contribution in [3.05, 3.63) is 40.1 Å². The molecule has 0 bridgehead atoms. The summed E-state index contributed by atoms with van der Waals surface area (Å²) in [6.45, 7) is 2.84. The number of halogens is 1. The number of aromatic nitrogens is 1. The third-order valence-corrected chi connectivity index (χ3v) is 6.40. The number of nitrogens with one attached hydrogen (secondary N) is 1. The minimum absolute atomic E-state index is 0.0736. The Morgan fingerprint density at radius 1 is 1.45 bits per heavy atom. The molecule has 1 saturated heterocycles. The number of thiazole rings is 1. The van der Waals surface area contributed by atoms with Crippen molar-refractivity contribution in [2.75, 3.05) is 21.9 Å². The first-order valence-corrected chi connectivity index (χ1v) is 9.39. The molecule has 0 atom stereocenters. The highest BCUT2D eigenvalue weighted by Crippen LogP contribution is 2.29. The van der Waals surface area contributed by atoms with Crippen molar-refractivity contribution in [3.8, 4) is 0 Å². The van der Waals surface area contributed by atoms with Crippen LogP contribution in [0.3, 0.4) is 0 Å². The predicted octanol–water partition coefficient (Wildman–Crippen LogP) is 2.74. The van der Waals surface area contributed by atoms with Gasteiger partial charge in [-0.1, -0.05) is 0 Å². The number of benzene rings is 1. The molecule has 1 aliphatic heterocycles. The van der Waals surface area contributed by atoms with Crippen molar-refractivity contribution >= 4 is 32.7 Å². The Labute approximate surface area is 132 Å². The van der Waals surface area contributed by atoms with Gasteiger partial charge in [0.2, 0.25) is 10.0 Å². The third-order valence-electron chi connectivity index (χ3n) is 3.61. The highest BCUT2D eigenvalue weighted by atomic mass is 32.2. The van der Waals surface area contributed by atoms with Gasteiger partial charge in [0, 0.05) is 17.1 Å². The average Bonchev–Trinajstić information content (AvgIpc) is 3.03. The van der Waals surface area contributed by atoms with Crippen LogP contribution in [0.15, 0.2) is 23.7 Å². The van der Waals surface area contributed by atoms with Crippen molar-refractivity contribution in [1.82, 2.24) is 4.98 Å². The number of aryl methyl sites for hydroxylation is 1. The SMILES string of the molecule is Cc1ncsc1CNc1ccc(F)c(N2CCCS2(=O)=O)c1. The van der Waals surface area contributed by atoms with E-state index in [1.807, 2.05) is 6.92 Å². The van der Waals surface area contributed by atoms with Gasteiger partial charge in [-0.25, -0.2) is 17.8 Å². The van der Waals surface area contributed by atoms with E-state index in [4.69, 9.17) is 0 Å². The van der Waals surface area contributed by atoms with Crippen LogP contribution in [0, 0.1) is 12.7 Å². The monoisotopic (exact) mass is 341 g/mol. The Hall–Kier alpha value is -1.67. The summed E-state index contributed by atoms with van der Waals surface area (Å²) in [4.78, 5) is 5.27. The molecular weight excluding hydrogens is 325 g/mol. The lowest BCUT2D eigenvalue weighted by Gasteiger charge is -2.18. The molecule has 8 heteroatoms. The Morgan fingerprint density at radius 3 is 2.91 bits per heavy atom. The molecule has 1 aromatic heterocycles. The summed E-state index contributed by atoms with van der Waals surface area (Å²) in [6.07, 6.45) is 0.527. The minimum Gasteiger partial charge on any atom is -0.380 e. The Balaban J connectivity index is 1.82. The van der Waals surface area contributed by atoms with Gasteiger partial charge in [-0.15, -0.1) is 11.3 Å². The van der Waals surface area contributed by atoms with E-state index in [0.29, 0.717) is 25.2 Å². The standard InChI is InChI=1S/C14H16FN3O2S2/c1-10-14(21-9-17-10)8-16-11-3-4-12(15)13(7-11)18-5-2-6-22(18,19)20/h3-4,7,9,16H,2,5-6,8H2,1H3. The maximum Gasteiger partial charge on any atom is 0.235 e. The Kier molecular flexibility index (Phi) is 4.05. The first-order chi connectivity index (χ1) is 10.5. The molecular formula is C14H16FN3O2S2. The fourth-order valence-electron chi connectivity index (χ4n) is 2.40. The zero-order valence-corrected chi connectivity index (χ0v) is 13.7. The van der Waals surface area contributed by atoms with Crippen LogP contribution in [0.4, 0.5) is 15.8 Å². The average molecular weight is 341 g/mol. The Bertz CT molecular complexity index is 789. The predicted molar refractivity (Wildman–Crippen MR) is 86.3 cm³/mol. The van der Waals surface area contributed by atoms with Crippen molar-refractivity contribution in [2.24, 2.45) is 0 Å². The summed E-state index contributed by atoms with van der Waals surface area (Å²) < 4.78 is 39.1. The maximum absolute atomic E-state index is 14.0. The van der Waals surface area contributed by atoms with Crippen molar-refractivity contribution < 1.29 is 12.8 Å². The van der Waals surface area contributed by atoms with Crippen LogP contribution in [0.1, 0.15) is 17.0 Å². The first-order valence-electron chi connectivity index (χ1n) is 6.90. The van der Waals surface area contributed by atoms with E-state index in [1.165, 1.54) is 6.07 Å². The summed E-state index contributed by atoms with van der Waals surface area (Å²) in [5, 5.41) is 3.19. The van der Waals surface area contributed by atoms with Crippen LogP contribution in [0.5, 0.6) is 0 Å². The maximum atomic E-state index is 14.0. The molecule has 0 unspecified atom stereocenters. The Morgan fingerprint density at radius 2 is 2.27 bits per heavy atom.